The Morgan fingerprint density at radius 3 is 2.08 bits per heavy atom. The van der Waals surface area contributed by atoms with Gasteiger partial charge in [-0.25, -0.2) is 0 Å². The fraction of sp³-hybridized carbons (Fsp3) is 0.833. The molecule has 0 spiro atoms. The number of halogens is 3. The van der Waals surface area contributed by atoms with Crippen LogP contribution in [-0.2, 0) is 4.79 Å². The molecule has 0 aromatic heterocycles. The lowest BCUT2D eigenvalue weighted by Crippen LogP contribution is -2.55. The van der Waals surface area contributed by atoms with E-state index >= 15 is 0 Å². The SMILES string of the molecule is CC(C)(NC(=O)CN)C(F)(F)F. The van der Waals surface area contributed by atoms with E-state index in [9.17, 15) is 18.0 Å². The van der Waals surface area contributed by atoms with E-state index < -0.39 is 24.2 Å². The zero-order valence-corrected chi connectivity index (χ0v) is 6.83. The molecule has 0 rings (SSSR count). The van der Waals surface area contributed by atoms with Gasteiger partial charge in [-0.05, 0) is 13.8 Å². The Kier molecular flexibility index (Phi) is 3.09. The molecule has 0 fully saturated rings. The van der Waals surface area contributed by atoms with Crippen molar-refractivity contribution in [3.63, 3.8) is 0 Å². The molecule has 3 N–H and O–H groups in total. The summed E-state index contributed by atoms with van der Waals surface area (Å²) in [4.78, 5) is 10.5. The van der Waals surface area contributed by atoms with E-state index in [0.717, 1.165) is 13.8 Å². The van der Waals surface area contributed by atoms with Crippen LogP contribution in [0.15, 0.2) is 0 Å². The van der Waals surface area contributed by atoms with Crippen LogP contribution < -0.4 is 11.1 Å². The second kappa shape index (κ2) is 3.30. The molecule has 0 aliphatic rings. The molecule has 0 aromatic rings. The Labute approximate surface area is 68.1 Å². The van der Waals surface area contributed by atoms with E-state index in [1.165, 1.54) is 0 Å². The number of rotatable bonds is 2. The third kappa shape index (κ3) is 2.69. The quantitative estimate of drug-likeness (QED) is 0.652. The molecule has 3 nitrogen and oxygen atoms in total. The highest BCUT2D eigenvalue weighted by molar-refractivity contribution is 5.78. The standard InChI is InChI=1S/C6H11F3N2O/c1-5(2,6(7,8)9)11-4(12)3-10/h3,10H2,1-2H3,(H,11,12). The largest absolute Gasteiger partial charge is 0.410 e. The number of alkyl halides is 3. The Hall–Kier alpha value is -0.780. The van der Waals surface area contributed by atoms with Gasteiger partial charge in [-0.2, -0.15) is 13.2 Å². The topological polar surface area (TPSA) is 55.1 Å². The average molecular weight is 184 g/mol. The Morgan fingerprint density at radius 1 is 1.42 bits per heavy atom. The van der Waals surface area contributed by atoms with Crippen molar-refractivity contribution in [3.8, 4) is 0 Å². The normalized spacial score (nSPS) is 12.8. The second-order valence-corrected chi connectivity index (χ2v) is 2.88. The highest BCUT2D eigenvalue weighted by Crippen LogP contribution is 2.29. The summed E-state index contributed by atoms with van der Waals surface area (Å²) in [5.74, 6) is -0.822. The zero-order chi connectivity index (χ0) is 9.99. The van der Waals surface area contributed by atoms with Crippen LogP contribution in [0.2, 0.25) is 0 Å². The van der Waals surface area contributed by atoms with Gasteiger partial charge < -0.3 is 11.1 Å². The predicted molar refractivity (Wildman–Crippen MR) is 37.3 cm³/mol. The van der Waals surface area contributed by atoms with Gasteiger partial charge in [0.05, 0.1) is 6.54 Å². The monoisotopic (exact) mass is 184 g/mol. The van der Waals surface area contributed by atoms with Gasteiger partial charge in [0, 0.05) is 0 Å². The summed E-state index contributed by atoms with van der Waals surface area (Å²) in [6.07, 6.45) is -4.46. The Balaban J connectivity index is 4.33. The minimum atomic E-state index is -4.46. The first-order valence-corrected chi connectivity index (χ1v) is 3.28. The van der Waals surface area contributed by atoms with Crippen LogP contribution in [0.25, 0.3) is 0 Å². The smallest absolute Gasteiger partial charge is 0.341 e. The molecule has 6 heteroatoms. The summed E-state index contributed by atoms with van der Waals surface area (Å²) in [5, 5.41) is 1.76. The number of hydrogen-bond donors (Lipinski definition) is 2. The van der Waals surface area contributed by atoms with Crippen molar-refractivity contribution in [2.45, 2.75) is 25.6 Å². The predicted octanol–water partition coefficient (Wildman–Crippen LogP) is 0.402. The molecule has 12 heavy (non-hydrogen) atoms. The summed E-state index contributed by atoms with van der Waals surface area (Å²) in [7, 11) is 0. The lowest BCUT2D eigenvalue weighted by Gasteiger charge is -2.28. The van der Waals surface area contributed by atoms with Crippen molar-refractivity contribution in [1.82, 2.24) is 5.32 Å². The number of nitrogens with one attached hydrogen (secondary N) is 1. The average Bonchev–Trinajstić information content (AvgIpc) is 1.84. The number of hydrogen-bond acceptors (Lipinski definition) is 2. The molecule has 0 unspecified atom stereocenters. The molecule has 0 heterocycles. The first-order valence-electron chi connectivity index (χ1n) is 3.28. The van der Waals surface area contributed by atoms with Crippen LogP contribution in [0.4, 0.5) is 13.2 Å². The van der Waals surface area contributed by atoms with Crippen LogP contribution in [-0.4, -0.2) is 24.2 Å². The third-order valence-corrected chi connectivity index (χ3v) is 1.35. The Morgan fingerprint density at radius 2 is 1.83 bits per heavy atom. The van der Waals surface area contributed by atoms with Crippen molar-refractivity contribution in [1.29, 1.82) is 0 Å². The maximum absolute atomic E-state index is 12.1. The first kappa shape index (κ1) is 11.2. The molecule has 72 valence electrons. The molecule has 0 aliphatic carbocycles. The van der Waals surface area contributed by atoms with E-state index in [-0.39, 0.29) is 0 Å². The Bertz CT molecular complexity index is 176. The number of carbonyl (C=O) groups excluding carboxylic acids is 1. The summed E-state index contributed by atoms with van der Waals surface area (Å²) in [5.41, 5.74) is 2.62. The highest BCUT2D eigenvalue weighted by Gasteiger charge is 2.48. The van der Waals surface area contributed by atoms with E-state index in [4.69, 9.17) is 5.73 Å². The zero-order valence-electron chi connectivity index (χ0n) is 6.83. The van der Waals surface area contributed by atoms with Crippen LogP contribution in [0, 0.1) is 0 Å². The fourth-order valence-electron chi connectivity index (χ4n) is 0.470. The van der Waals surface area contributed by atoms with Gasteiger partial charge in [0.25, 0.3) is 0 Å². The summed E-state index contributed by atoms with van der Waals surface area (Å²) >= 11 is 0. The molecule has 0 aliphatic heterocycles. The lowest BCUT2D eigenvalue weighted by molar-refractivity contribution is -0.188. The maximum atomic E-state index is 12.1. The van der Waals surface area contributed by atoms with Crippen molar-refractivity contribution >= 4 is 5.91 Å². The molecule has 0 radical (unpaired) electrons. The lowest BCUT2D eigenvalue weighted by atomic mass is 10.1. The molecule has 0 saturated heterocycles. The van der Waals surface area contributed by atoms with E-state index in [1.54, 1.807) is 5.32 Å². The summed E-state index contributed by atoms with van der Waals surface area (Å²) < 4.78 is 36.2. The minimum absolute atomic E-state index is 0.445. The first-order chi connectivity index (χ1) is 5.20. The van der Waals surface area contributed by atoms with Gasteiger partial charge in [-0.3, -0.25) is 4.79 Å². The van der Waals surface area contributed by atoms with Gasteiger partial charge >= 0.3 is 6.18 Å². The minimum Gasteiger partial charge on any atom is -0.341 e. The van der Waals surface area contributed by atoms with Crippen molar-refractivity contribution in [2.24, 2.45) is 5.73 Å². The summed E-state index contributed by atoms with van der Waals surface area (Å²) in [6.45, 7) is 1.31. The van der Waals surface area contributed by atoms with Crippen molar-refractivity contribution in [3.05, 3.63) is 0 Å². The molecule has 0 atom stereocenters. The number of nitrogens with two attached hydrogens (primary N) is 1. The maximum Gasteiger partial charge on any atom is 0.410 e. The van der Waals surface area contributed by atoms with Crippen LogP contribution in [0.3, 0.4) is 0 Å². The van der Waals surface area contributed by atoms with Crippen LogP contribution in [0.5, 0.6) is 0 Å². The molecule has 1 amide bonds. The molecule has 0 aromatic carbocycles. The third-order valence-electron chi connectivity index (χ3n) is 1.35. The van der Waals surface area contributed by atoms with Crippen LogP contribution in [0.1, 0.15) is 13.8 Å². The summed E-state index contributed by atoms with van der Waals surface area (Å²) in [6, 6.07) is 0. The van der Waals surface area contributed by atoms with Gasteiger partial charge in [0.2, 0.25) is 5.91 Å². The second-order valence-electron chi connectivity index (χ2n) is 2.88. The van der Waals surface area contributed by atoms with E-state index in [1.807, 2.05) is 0 Å². The van der Waals surface area contributed by atoms with Gasteiger partial charge in [-0.1, -0.05) is 0 Å². The van der Waals surface area contributed by atoms with E-state index in [0.29, 0.717) is 0 Å². The number of carbonyl (C=O) groups is 1. The van der Waals surface area contributed by atoms with Crippen molar-refractivity contribution in [2.75, 3.05) is 6.54 Å². The van der Waals surface area contributed by atoms with E-state index in [2.05, 4.69) is 0 Å². The number of amides is 1. The fourth-order valence-corrected chi connectivity index (χ4v) is 0.470. The molecule has 0 saturated carbocycles. The van der Waals surface area contributed by atoms with Gasteiger partial charge in [-0.15, -0.1) is 0 Å². The van der Waals surface area contributed by atoms with Crippen molar-refractivity contribution < 1.29 is 18.0 Å². The molecular weight excluding hydrogens is 173 g/mol. The molecular formula is C6H11F3N2O. The molecule has 0 bridgehead atoms. The van der Waals surface area contributed by atoms with Gasteiger partial charge in [0.15, 0.2) is 0 Å². The van der Waals surface area contributed by atoms with Gasteiger partial charge in [0.1, 0.15) is 5.54 Å². The highest BCUT2D eigenvalue weighted by atomic mass is 19.4. The van der Waals surface area contributed by atoms with Crippen LogP contribution >= 0.6 is 0 Å².